The van der Waals surface area contributed by atoms with Crippen molar-refractivity contribution in [1.29, 1.82) is 0 Å². The number of hydrogen-bond acceptors (Lipinski definition) is 4. The summed E-state index contributed by atoms with van der Waals surface area (Å²) in [6.07, 6.45) is 0.847. The van der Waals surface area contributed by atoms with Crippen LogP contribution in [0.3, 0.4) is 0 Å². The minimum Gasteiger partial charge on any atom is -0.454 e. The van der Waals surface area contributed by atoms with Gasteiger partial charge in [-0.05, 0) is 60.4 Å². The Morgan fingerprint density at radius 2 is 0.875 bits per heavy atom. The van der Waals surface area contributed by atoms with E-state index in [0.29, 0.717) is 12.8 Å². The summed E-state index contributed by atoms with van der Waals surface area (Å²) in [5.41, 5.74) is 3.16. The zero-order valence-electron chi connectivity index (χ0n) is 22.4. The minimum absolute atomic E-state index is 0.0468. The van der Waals surface area contributed by atoms with Gasteiger partial charge in [0.05, 0.1) is 12.8 Å². The van der Waals surface area contributed by atoms with E-state index in [-0.39, 0.29) is 23.8 Å². The van der Waals surface area contributed by atoms with Crippen LogP contribution in [0.25, 0.3) is 0 Å². The molecule has 2 fully saturated rings. The van der Waals surface area contributed by atoms with Crippen LogP contribution in [-0.4, -0.2) is 11.9 Å². The van der Waals surface area contributed by atoms with Crippen molar-refractivity contribution >= 4 is 43.8 Å². The van der Waals surface area contributed by atoms with Crippen LogP contribution in [-0.2, 0) is 30.3 Å². The van der Waals surface area contributed by atoms with Crippen LogP contribution in [0.15, 0.2) is 118 Å². The molecule has 0 aromatic heterocycles. The first-order valence-electron chi connectivity index (χ1n) is 13.2. The molecule has 0 aliphatic carbocycles. The number of ether oxygens (including phenoxy) is 2. The third kappa shape index (κ3) is 5.79. The number of carbonyl (C=O) groups is 2. The fourth-order valence-electron chi connectivity index (χ4n) is 5.74. The molecule has 4 atom stereocenters. The van der Waals surface area contributed by atoms with Crippen molar-refractivity contribution in [2.24, 2.45) is 0 Å². The maximum absolute atomic E-state index is 11.9. The third-order valence-corrected chi connectivity index (χ3v) is 9.02. The van der Waals surface area contributed by atoms with Crippen molar-refractivity contribution < 1.29 is 19.1 Å². The van der Waals surface area contributed by atoms with Gasteiger partial charge in [0, 0.05) is 20.8 Å². The zero-order valence-corrected chi connectivity index (χ0v) is 25.5. The number of halogens is 2. The second kappa shape index (κ2) is 11.7. The maximum Gasteiger partial charge on any atom is 0.307 e. The molecule has 0 amide bonds. The molecule has 0 N–H and O–H groups in total. The Labute approximate surface area is 252 Å². The molecular formula is C34H30Br2O4. The minimum atomic E-state index is -0.591. The van der Waals surface area contributed by atoms with Crippen molar-refractivity contribution in [3.63, 3.8) is 0 Å². The summed E-state index contributed by atoms with van der Waals surface area (Å²) in [4.78, 5) is 23.7. The van der Waals surface area contributed by atoms with Gasteiger partial charge < -0.3 is 9.47 Å². The summed E-state index contributed by atoms with van der Waals surface area (Å²) in [6, 6.07) is 36.2. The van der Waals surface area contributed by atoms with E-state index in [1.165, 1.54) is 0 Å². The van der Waals surface area contributed by atoms with Crippen LogP contribution in [0, 0.1) is 0 Å². The Bertz CT molecular complexity index is 1360. The van der Waals surface area contributed by atoms with Gasteiger partial charge in [0.15, 0.2) is 0 Å². The van der Waals surface area contributed by atoms with E-state index in [1.54, 1.807) is 0 Å². The lowest BCUT2D eigenvalue weighted by Crippen LogP contribution is -2.27. The lowest BCUT2D eigenvalue weighted by atomic mass is 9.79. The van der Waals surface area contributed by atoms with E-state index in [0.717, 1.165) is 31.2 Å². The number of cyclic esters (lactones) is 2. The summed E-state index contributed by atoms with van der Waals surface area (Å²) < 4.78 is 13.4. The first kappa shape index (κ1) is 28.3. The van der Waals surface area contributed by atoms with Crippen LogP contribution >= 0.6 is 31.9 Å². The zero-order chi connectivity index (χ0) is 28.3. The van der Waals surface area contributed by atoms with Gasteiger partial charge in [0.2, 0.25) is 0 Å². The van der Waals surface area contributed by atoms with Crippen molar-refractivity contribution in [3.8, 4) is 0 Å². The molecule has 4 nitrogen and oxygen atoms in total. The summed E-state index contributed by atoms with van der Waals surface area (Å²) >= 11 is 6.88. The van der Waals surface area contributed by atoms with Gasteiger partial charge in [-0.1, -0.05) is 117 Å². The summed E-state index contributed by atoms with van der Waals surface area (Å²) in [7, 11) is 0. The van der Waals surface area contributed by atoms with Gasteiger partial charge >= 0.3 is 11.9 Å². The molecule has 2 aliphatic rings. The fourth-order valence-corrected chi connectivity index (χ4v) is 6.27. The standard InChI is InChI=1S/2C17H15BrO2/c2*1-17(13-5-3-2-4-6-13)15(11-16(19)20-17)12-7-9-14(18)10-8-12/h2*2-10,15H,11H2,1H3/t15-,17+;15-,17-/m00/s1. The topological polar surface area (TPSA) is 52.6 Å². The molecule has 0 bridgehead atoms. The van der Waals surface area contributed by atoms with E-state index in [9.17, 15) is 9.59 Å². The number of benzene rings is 4. The van der Waals surface area contributed by atoms with Gasteiger partial charge in [-0.2, -0.15) is 0 Å². The molecule has 4 aromatic carbocycles. The molecule has 6 rings (SSSR count). The lowest BCUT2D eigenvalue weighted by Gasteiger charge is -2.30. The average molecular weight is 662 g/mol. The molecule has 2 aliphatic heterocycles. The highest BCUT2D eigenvalue weighted by atomic mass is 79.9. The molecule has 0 unspecified atom stereocenters. The maximum atomic E-state index is 11.9. The molecule has 0 radical (unpaired) electrons. The first-order valence-corrected chi connectivity index (χ1v) is 14.8. The largest absolute Gasteiger partial charge is 0.454 e. The second-order valence-electron chi connectivity index (χ2n) is 10.5. The Balaban J connectivity index is 0.000000161. The molecule has 204 valence electrons. The SMILES string of the molecule is C[C@@]1(c2ccccc2)OC(=O)C[C@H]1c1ccc(Br)cc1.C[C@]1(c2ccccc2)OC(=O)C[C@H]1c1ccc(Br)cc1. The van der Waals surface area contributed by atoms with Gasteiger partial charge in [0.1, 0.15) is 11.2 Å². The van der Waals surface area contributed by atoms with Crippen LogP contribution < -0.4 is 0 Å². The van der Waals surface area contributed by atoms with Gasteiger partial charge in [-0.15, -0.1) is 0 Å². The monoisotopic (exact) mass is 660 g/mol. The molecule has 0 saturated carbocycles. The highest BCUT2D eigenvalue weighted by Gasteiger charge is 2.48. The van der Waals surface area contributed by atoms with Crippen LogP contribution in [0.2, 0.25) is 0 Å². The normalized spacial score (nSPS) is 25.5. The van der Waals surface area contributed by atoms with E-state index in [4.69, 9.17) is 9.47 Å². The van der Waals surface area contributed by atoms with Crippen molar-refractivity contribution in [2.45, 2.75) is 49.7 Å². The molecule has 2 saturated heterocycles. The Hall–Kier alpha value is -3.22. The van der Waals surface area contributed by atoms with E-state index < -0.39 is 11.2 Å². The predicted octanol–water partition coefficient (Wildman–Crippen LogP) is 8.79. The van der Waals surface area contributed by atoms with Crippen molar-refractivity contribution in [3.05, 3.63) is 140 Å². The second-order valence-corrected chi connectivity index (χ2v) is 12.3. The van der Waals surface area contributed by atoms with Gasteiger partial charge in [-0.3, -0.25) is 9.59 Å². The first-order chi connectivity index (χ1) is 19.2. The number of carbonyl (C=O) groups excluding carboxylic acids is 2. The molecule has 6 heteroatoms. The van der Waals surface area contributed by atoms with E-state index in [2.05, 4.69) is 56.1 Å². The Kier molecular flexibility index (Phi) is 8.29. The van der Waals surface area contributed by atoms with Gasteiger partial charge in [-0.25, -0.2) is 0 Å². The van der Waals surface area contributed by atoms with Crippen molar-refractivity contribution in [1.82, 2.24) is 0 Å². The lowest BCUT2D eigenvalue weighted by molar-refractivity contribution is -0.149. The highest BCUT2D eigenvalue weighted by Crippen LogP contribution is 2.48. The average Bonchev–Trinajstić information content (AvgIpc) is 3.46. The molecule has 0 spiro atoms. The van der Waals surface area contributed by atoms with Crippen LogP contribution in [0.5, 0.6) is 0 Å². The van der Waals surface area contributed by atoms with Crippen LogP contribution in [0.4, 0.5) is 0 Å². The Morgan fingerprint density at radius 1 is 0.550 bits per heavy atom. The quantitative estimate of drug-likeness (QED) is 0.205. The van der Waals surface area contributed by atoms with Crippen LogP contribution in [0.1, 0.15) is 60.8 Å². The van der Waals surface area contributed by atoms with Gasteiger partial charge in [0.25, 0.3) is 0 Å². The number of hydrogen-bond donors (Lipinski definition) is 0. The smallest absolute Gasteiger partial charge is 0.307 e. The third-order valence-electron chi connectivity index (χ3n) is 7.96. The highest BCUT2D eigenvalue weighted by molar-refractivity contribution is 9.10. The predicted molar refractivity (Wildman–Crippen MR) is 163 cm³/mol. The Morgan fingerprint density at radius 3 is 1.20 bits per heavy atom. The number of rotatable bonds is 4. The number of esters is 2. The summed E-state index contributed by atoms with van der Waals surface area (Å²) in [6.45, 7) is 4.00. The summed E-state index contributed by atoms with van der Waals surface area (Å²) in [5.74, 6) is -0.176. The van der Waals surface area contributed by atoms with E-state index in [1.807, 2.05) is 98.8 Å². The molecule has 40 heavy (non-hydrogen) atoms. The van der Waals surface area contributed by atoms with Crippen molar-refractivity contribution in [2.75, 3.05) is 0 Å². The fraction of sp³-hybridized carbons (Fsp3) is 0.235. The molecule has 2 heterocycles. The van der Waals surface area contributed by atoms with E-state index >= 15 is 0 Å². The molecule has 4 aromatic rings. The molecular weight excluding hydrogens is 632 g/mol. The summed E-state index contributed by atoms with van der Waals surface area (Å²) in [5, 5.41) is 0.